The molecule has 0 unspecified atom stereocenters. The molecule has 1 rings (SSSR count). The first-order chi connectivity index (χ1) is 7.33. The zero-order valence-electron chi connectivity index (χ0n) is 9.70. The minimum Gasteiger partial charge on any atom is -0.496 e. The molecule has 88 valence electrons. The largest absolute Gasteiger partial charge is 0.496 e. The Labute approximate surface area is 99.5 Å². The molecule has 0 spiro atoms. The standard InChI is InChI=1S/C11H14ClNO3/c1-11(2,3)16-10(14)7-6-13-9(12)5-8(7)15-4/h5-6H,1-4H3. The molecule has 0 aliphatic carbocycles. The number of hydrogen-bond donors (Lipinski definition) is 0. The van der Waals surface area contributed by atoms with E-state index in [2.05, 4.69) is 4.98 Å². The van der Waals surface area contributed by atoms with Crippen LogP contribution in [0.2, 0.25) is 5.15 Å². The highest BCUT2D eigenvalue weighted by Crippen LogP contribution is 2.23. The molecule has 0 amide bonds. The van der Waals surface area contributed by atoms with E-state index in [0.717, 1.165) is 0 Å². The molecule has 0 radical (unpaired) electrons. The Balaban J connectivity index is 2.99. The van der Waals surface area contributed by atoms with E-state index in [1.807, 2.05) is 0 Å². The predicted molar refractivity (Wildman–Crippen MR) is 61.0 cm³/mol. The number of nitrogens with zero attached hydrogens (tertiary/aromatic N) is 1. The van der Waals surface area contributed by atoms with Gasteiger partial charge in [-0.1, -0.05) is 11.6 Å². The van der Waals surface area contributed by atoms with Crippen LogP contribution in [0, 0.1) is 0 Å². The number of carbonyl (C=O) groups excluding carboxylic acids is 1. The summed E-state index contributed by atoms with van der Waals surface area (Å²) in [6.45, 7) is 5.38. The second-order valence-corrected chi connectivity index (χ2v) is 4.60. The van der Waals surface area contributed by atoms with Crippen molar-refractivity contribution in [1.82, 2.24) is 4.98 Å². The molecule has 0 saturated heterocycles. The van der Waals surface area contributed by atoms with Crippen LogP contribution in [0.1, 0.15) is 31.1 Å². The van der Waals surface area contributed by atoms with Crippen LogP contribution in [0.4, 0.5) is 0 Å². The van der Waals surface area contributed by atoms with Crippen LogP contribution in [0.3, 0.4) is 0 Å². The van der Waals surface area contributed by atoms with Gasteiger partial charge in [-0.3, -0.25) is 0 Å². The molecule has 0 fully saturated rings. The molecule has 0 aromatic carbocycles. The van der Waals surface area contributed by atoms with E-state index < -0.39 is 11.6 Å². The van der Waals surface area contributed by atoms with E-state index in [4.69, 9.17) is 21.1 Å². The van der Waals surface area contributed by atoms with E-state index in [0.29, 0.717) is 5.75 Å². The summed E-state index contributed by atoms with van der Waals surface area (Å²) in [5, 5.41) is 0.268. The minimum absolute atomic E-state index is 0.266. The number of rotatable bonds is 2. The summed E-state index contributed by atoms with van der Waals surface area (Å²) in [5.74, 6) is -0.122. The van der Waals surface area contributed by atoms with Crippen molar-refractivity contribution in [1.29, 1.82) is 0 Å². The molecule has 0 N–H and O–H groups in total. The fourth-order valence-corrected chi connectivity index (χ4v) is 1.22. The molecule has 1 heterocycles. The van der Waals surface area contributed by atoms with E-state index in [1.54, 1.807) is 20.8 Å². The van der Waals surface area contributed by atoms with Gasteiger partial charge in [-0.2, -0.15) is 0 Å². The molecule has 1 aromatic heterocycles. The molecule has 0 bridgehead atoms. The van der Waals surface area contributed by atoms with Gasteiger partial charge in [0.2, 0.25) is 0 Å². The van der Waals surface area contributed by atoms with Crippen molar-refractivity contribution in [2.45, 2.75) is 26.4 Å². The van der Waals surface area contributed by atoms with Gasteiger partial charge in [-0.05, 0) is 20.8 Å². The van der Waals surface area contributed by atoms with Gasteiger partial charge in [0, 0.05) is 12.3 Å². The first-order valence-electron chi connectivity index (χ1n) is 4.76. The summed E-state index contributed by atoms with van der Waals surface area (Å²) in [5.41, 5.74) is -0.288. The lowest BCUT2D eigenvalue weighted by molar-refractivity contribution is 0.00661. The number of aromatic nitrogens is 1. The molecule has 16 heavy (non-hydrogen) atoms. The van der Waals surface area contributed by atoms with E-state index >= 15 is 0 Å². The van der Waals surface area contributed by atoms with Gasteiger partial charge in [0.25, 0.3) is 0 Å². The number of methoxy groups -OCH3 is 1. The van der Waals surface area contributed by atoms with Crippen molar-refractivity contribution in [3.8, 4) is 5.75 Å². The zero-order valence-corrected chi connectivity index (χ0v) is 10.5. The average molecular weight is 244 g/mol. The van der Waals surface area contributed by atoms with Crippen molar-refractivity contribution in [3.05, 3.63) is 23.0 Å². The third kappa shape index (κ3) is 3.38. The Morgan fingerprint density at radius 1 is 1.44 bits per heavy atom. The predicted octanol–water partition coefficient (Wildman–Crippen LogP) is 2.70. The highest BCUT2D eigenvalue weighted by atomic mass is 35.5. The van der Waals surface area contributed by atoms with E-state index in [1.165, 1.54) is 19.4 Å². The van der Waals surface area contributed by atoms with Gasteiger partial charge in [-0.25, -0.2) is 9.78 Å². The van der Waals surface area contributed by atoms with Crippen LogP contribution in [0.15, 0.2) is 12.3 Å². The summed E-state index contributed by atoms with van der Waals surface area (Å²) in [4.78, 5) is 15.6. The Morgan fingerprint density at radius 2 is 2.06 bits per heavy atom. The van der Waals surface area contributed by atoms with E-state index in [-0.39, 0.29) is 10.7 Å². The van der Waals surface area contributed by atoms with Crippen LogP contribution >= 0.6 is 11.6 Å². The number of hydrogen-bond acceptors (Lipinski definition) is 4. The third-order valence-electron chi connectivity index (χ3n) is 1.67. The quantitative estimate of drug-likeness (QED) is 0.592. The van der Waals surface area contributed by atoms with Crippen molar-refractivity contribution in [3.63, 3.8) is 0 Å². The second kappa shape index (κ2) is 4.70. The van der Waals surface area contributed by atoms with Crippen molar-refractivity contribution < 1.29 is 14.3 Å². The monoisotopic (exact) mass is 243 g/mol. The molecular weight excluding hydrogens is 230 g/mol. The SMILES string of the molecule is COc1cc(Cl)ncc1C(=O)OC(C)(C)C. The number of pyridine rings is 1. The lowest BCUT2D eigenvalue weighted by Crippen LogP contribution is -2.24. The molecule has 0 saturated carbocycles. The summed E-state index contributed by atoms with van der Waals surface area (Å²) in [7, 11) is 1.46. The maximum atomic E-state index is 11.8. The van der Waals surface area contributed by atoms with Crippen molar-refractivity contribution >= 4 is 17.6 Å². The second-order valence-electron chi connectivity index (χ2n) is 4.21. The highest BCUT2D eigenvalue weighted by Gasteiger charge is 2.21. The smallest absolute Gasteiger partial charge is 0.344 e. The van der Waals surface area contributed by atoms with Crippen LogP contribution in [0.25, 0.3) is 0 Å². The first-order valence-corrected chi connectivity index (χ1v) is 5.14. The van der Waals surface area contributed by atoms with Crippen LogP contribution in [-0.4, -0.2) is 23.7 Å². The van der Waals surface area contributed by atoms with Gasteiger partial charge in [0.1, 0.15) is 22.1 Å². The molecule has 5 heteroatoms. The Bertz CT molecular complexity index is 399. The molecule has 0 aliphatic rings. The number of halogens is 1. The van der Waals surface area contributed by atoms with Crippen molar-refractivity contribution in [2.75, 3.05) is 7.11 Å². The van der Waals surface area contributed by atoms with Gasteiger partial charge >= 0.3 is 5.97 Å². The maximum Gasteiger partial charge on any atom is 0.344 e. The molecule has 4 nitrogen and oxygen atoms in total. The van der Waals surface area contributed by atoms with Crippen LogP contribution in [0.5, 0.6) is 5.75 Å². The fraction of sp³-hybridized carbons (Fsp3) is 0.455. The average Bonchev–Trinajstić information content (AvgIpc) is 2.14. The maximum absolute atomic E-state index is 11.8. The molecule has 0 atom stereocenters. The third-order valence-corrected chi connectivity index (χ3v) is 1.88. The van der Waals surface area contributed by atoms with Gasteiger partial charge in [-0.15, -0.1) is 0 Å². The Morgan fingerprint density at radius 3 is 2.56 bits per heavy atom. The van der Waals surface area contributed by atoms with E-state index in [9.17, 15) is 4.79 Å². The van der Waals surface area contributed by atoms with Gasteiger partial charge < -0.3 is 9.47 Å². The van der Waals surface area contributed by atoms with Gasteiger partial charge in [0.15, 0.2) is 0 Å². The number of ether oxygens (including phenoxy) is 2. The summed E-state index contributed by atoms with van der Waals surface area (Å²) < 4.78 is 10.2. The summed E-state index contributed by atoms with van der Waals surface area (Å²) >= 11 is 5.69. The normalized spacial score (nSPS) is 11.1. The summed E-state index contributed by atoms with van der Waals surface area (Å²) in [6.07, 6.45) is 1.34. The Kier molecular flexibility index (Phi) is 3.75. The lowest BCUT2D eigenvalue weighted by atomic mass is 10.2. The summed E-state index contributed by atoms with van der Waals surface area (Å²) in [6, 6.07) is 1.47. The topological polar surface area (TPSA) is 48.4 Å². The van der Waals surface area contributed by atoms with Gasteiger partial charge in [0.05, 0.1) is 7.11 Å². The lowest BCUT2D eigenvalue weighted by Gasteiger charge is -2.20. The number of esters is 1. The molecule has 0 aliphatic heterocycles. The number of carbonyl (C=O) groups is 1. The molecule has 1 aromatic rings. The minimum atomic E-state index is -0.554. The molecular formula is C11H14ClNO3. The van der Waals surface area contributed by atoms with Crippen molar-refractivity contribution in [2.24, 2.45) is 0 Å². The zero-order chi connectivity index (χ0) is 12.3. The van der Waals surface area contributed by atoms with Crippen LogP contribution in [-0.2, 0) is 4.74 Å². The first kappa shape index (κ1) is 12.8. The van der Waals surface area contributed by atoms with Crippen LogP contribution < -0.4 is 4.74 Å². The highest BCUT2D eigenvalue weighted by molar-refractivity contribution is 6.29. The Hall–Kier alpha value is -1.29. The fourth-order valence-electron chi connectivity index (χ4n) is 1.07.